The van der Waals surface area contributed by atoms with E-state index in [1.807, 2.05) is 11.3 Å². The molecular weight excluding hydrogens is 344 g/mol. The van der Waals surface area contributed by atoms with Crippen molar-refractivity contribution in [2.45, 2.75) is 45.7 Å². The van der Waals surface area contributed by atoms with Crippen LogP contribution in [0.2, 0.25) is 0 Å². The number of rotatable bonds is 4. The number of aliphatic imine (C=N–C) groups is 1. The first-order valence-corrected chi connectivity index (χ1v) is 11.0. The third kappa shape index (κ3) is 3.78. The quantitative estimate of drug-likeness (QED) is 0.648. The highest BCUT2D eigenvalue weighted by atomic mass is 32.1. The molecule has 3 aliphatic heterocycles. The monoisotopic (exact) mass is 376 g/mol. The number of likely N-dealkylation sites (tertiary alicyclic amines) is 1. The molecule has 2 fully saturated rings. The fourth-order valence-electron chi connectivity index (χ4n) is 4.49. The van der Waals surface area contributed by atoms with E-state index < -0.39 is 0 Å². The number of guanidine groups is 1. The molecule has 2 saturated heterocycles. The number of thiophene rings is 1. The van der Waals surface area contributed by atoms with Crippen LogP contribution in [0, 0.1) is 5.41 Å². The Morgan fingerprint density at radius 3 is 3.15 bits per heavy atom. The predicted molar refractivity (Wildman–Crippen MR) is 108 cm³/mol. The Kier molecular flexibility index (Phi) is 5.53. The summed E-state index contributed by atoms with van der Waals surface area (Å²) in [6.07, 6.45) is 3.63. The molecule has 0 amide bonds. The predicted octanol–water partition coefficient (Wildman–Crippen LogP) is 2.57. The number of nitrogens with one attached hydrogen (secondary N) is 1. The molecule has 0 saturated carbocycles. The molecule has 2 atom stereocenters. The second kappa shape index (κ2) is 7.87. The van der Waals surface area contributed by atoms with Gasteiger partial charge in [0.05, 0.1) is 13.2 Å². The first-order valence-electron chi connectivity index (χ1n) is 10.1. The first kappa shape index (κ1) is 18.3. The second-order valence-electron chi connectivity index (χ2n) is 8.11. The second-order valence-corrected chi connectivity index (χ2v) is 9.11. The van der Waals surface area contributed by atoms with E-state index in [1.54, 1.807) is 4.88 Å². The number of nitrogens with zero attached hydrogens (tertiary/aromatic N) is 3. The highest BCUT2D eigenvalue weighted by Crippen LogP contribution is 2.38. The SMILES string of the molecule is CCNC(=NCC(C)N1CCc2sccc2C1)N1CCC2(CCOC2)C1. The minimum Gasteiger partial charge on any atom is -0.381 e. The van der Waals surface area contributed by atoms with Crippen molar-refractivity contribution >= 4 is 17.3 Å². The summed E-state index contributed by atoms with van der Waals surface area (Å²) in [5.41, 5.74) is 1.90. The van der Waals surface area contributed by atoms with Crippen molar-refractivity contribution in [2.75, 3.05) is 45.9 Å². The van der Waals surface area contributed by atoms with Crippen LogP contribution < -0.4 is 5.32 Å². The number of fused-ring (bicyclic) bond motifs is 1. The largest absolute Gasteiger partial charge is 0.381 e. The fourth-order valence-corrected chi connectivity index (χ4v) is 5.38. The summed E-state index contributed by atoms with van der Waals surface area (Å²) >= 11 is 1.91. The molecule has 5 nitrogen and oxygen atoms in total. The first-order chi connectivity index (χ1) is 12.7. The number of ether oxygens (including phenoxy) is 1. The summed E-state index contributed by atoms with van der Waals surface area (Å²) in [7, 11) is 0. The molecule has 26 heavy (non-hydrogen) atoms. The molecule has 144 valence electrons. The van der Waals surface area contributed by atoms with Gasteiger partial charge in [0.2, 0.25) is 0 Å². The molecule has 2 unspecified atom stereocenters. The normalized spacial score (nSPS) is 27.9. The third-order valence-electron chi connectivity index (χ3n) is 6.22. The van der Waals surface area contributed by atoms with Gasteiger partial charge >= 0.3 is 0 Å². The standard InChI is InChI=1S/C20H32N4OS/c1-3-21-19(24-9-6-20(14-24)7-10-25-15-20)22-12-16(2)23-8-4-18-17(13-23)5-11-26-18/h5,11,16H,3-4,6-10,12-15H2,1-2H3,(H,21,22). The third-order valence-corrected chi connectivity index (χ3v) is 7.25. The molecular formula is C20H32N4OS. The van der Waals surface area contributed by atoms with Crippen LogP contribution in [0.5, 0.6) is 0 Å². The average Bonchev–Trinajstić information content (AvgIpc) is 3.40. The lowest BCUT2D eigenvalue weighted by Crippen LogP contribution is -2.43. The lowest BCUT2D eigenvalue weighted by Gasteiger charge is -2.32. The van der Waals surface area contributed by atoms with Gasteiger partial charge in [-0.15, -0.1) is 11.3 Å². The fraction of sp³-hybridized carbons (Fsp3) is 0.750. The van der Waals surface area contributed by atoms with Crippen molar-refractivity contribution in [3.05, 3.63) is 21.9 Å². The van der Waals surface area contributed by atoms with Gasteiger partial charge in [0.1, 0.15) is 0 Å². The molecule has 4 heterocycles. The smallest absolute Gasteiger partial charge is 0.193 e. The Morgan fingerprint density at radius 2 is 2.35 bits per heavy atom. The summed E-state index contributed by atoms with van der Waals surface area (Å²) in [6.45, 7) is 12.6. The maximum Gasteiger partial charge on any atom is 0.193 e. The van der Waals surface area contributed by atoms with Gasteiger partial charge in [-0.3, -0.25) is 9.89 Å². The van der Waals surface area contributed by atoms with E-state index in [-0.39, 0.29) is 0 Å². The summed E-state index contributed by atoms with van der Waals surface area (Å²) in [4.78, 5) is 11.6. The van der Waals surface area contributed by atoms with Crippen LogP contribution in [-0.2, 0) is 17.7 Å². The molecule has 6 heteroatoms. The zero-order chi connectivity index (χ0) is 18.0. The van der Waals surface area contributed by atoms with Crippen molar-refractivity contribution in [1.29, 1.82) is 0 Å². The molecule has 0 aliphatic carbocycles. The molecule has 1 N–H and O–H groups in total. The number of hydrogen-bond donors (Lipinski definition) is 1. The Labute approximate surface area is 161 Å². The molecule has 1 spiro atoms. The molecule has 1 aromatic rings. The van der Waals surface area contributed by atoms with E-state index in [1.165, 1.54) is 24.8 Å². The van der Waals surface area contributed by atoms with Crippen LogP contribution in [0.3, 0.4) is 0 Å². The van der Waals surface area contributed by atoms with Crippen LogP contribution in [0.1, 0.15) is 37.1 Å². The highest BCUT2D eigenvalue weighted by Gasteiger charge is 2.42. The van der Waals surface area contributed by atoms with E-state index >= 15 is 0 Å². The zero-order valence-electron chi connectivity index (χ0n) is 16.2. The Morgan fingerprint density at radius 1 is 1.42 bits per heavy atom. The van der Waals surface area contributed by atoms with E-state index in [2.05, 4.69) is 40.4 Å². The molecule has 0 radical (unpaired) electrons. The maximum atomic E-state index is 5.68. The van der Waals surface area contributed by atoms with Gasteiger partial charge in [0.25, 0.3) is 0 Å². The van der Waals surface area contributed by atoms with Crippen LogP contribution in [0.15, 0.2) is 16.4 Å². The van der Waals surface area contributed by atoms with Gasteiger partial charge in [-0.05, 0) is 50.1 Å². The van der Waals surface area contributed by atoms with E-state index in [4.69, 9.17) is 9.73 Å². The summed E-state index contributed by atoms with van der Waals surface area (Å²) in [5, 5.41) is 5.75. The van der Waals surface area contributed by atoms with Crippen molar-refractivity contribution in [3.8, 4) is 0 Å². The Balaban J connectivity index is 1.37. The van der Waals surface area contributed by atoms with Crippen LogP contribution in [0.4, 0.5) is 0 Å². The van der Waals surface area contributed by atoms with Crippen LogP contribution >= 0.6 is 11.3 Å². The van der Waals surface area contributed by atoms with Crippen molar-refractivity contribution in [3.63, 3.8) is 0 Å². The Bertz CT molecular complexity index is 638. The zero-order valence-corrected chi connectivity index (χ0v) is 17.0. The molecule has 0 bridgehead atoms. The molecule has 4 rings (SSSR count). The minimum atomic E-state index is 0.379. The minimum absolute atomic E-state index is 0.379. The molecule has 3 aliphatic rings. The van der Waals surface area contributed by atoms with E-state index in [0.29, 0.717) is 11.5 Å². The van der Waals surface area contributed by atoms with Gasteiger partial charge in [-0.25, -0.2) is 0 Å². The molecule has 0 aromatic carbocycles. The van der Waals surface area contributed by atoms with Gasteiger partial charge in [0, 0.05) is 55.7 Å². The van der Waals surface area contributed by atoms with Gasteiger partial charge in [-0.1, -0.05) is 0 Å². The van der Waals surface area contributed by atoms with E-state index in [0.717, 1.165) is 58.4 Å². The highest BCUT2D eigenvalue weighted by molar-refractivity contribution is 7.10. The lowest BCUT2D eigenvalue weighted by molar-refractivity contribution is 0.156. The summed E-state index contributed by atoms with van der Waals surface area (Å²) in [6, 6.07) is 2.77. The summed E-state index contributed by atoms with van der Waals surface area (Å²) < 4.78 is 5.68. The van der Waals surface area contributed by atoms with Crippen molar-refractivity contribution in [2.24, 2.45) is 10.4 Å². The van der Waals surface area contributed by atoms with Crippen LogP contribution in [0.25, 0.3) is 0 Å². The van der Waals surface area contributed by atoms with Crippen LogP contribution in [-0.4, -0.2) is 67.7 Å². The van der Waals surface area contributed by atoms with Crippen molar-refractivity contribution < 1.29 is 4.74 Å². The van der Waals surface area contributed by atoms with Gasteiger partial charge in [0.15, 0.2) is 5.96 Å². The summed E-state index contributed by atoms with van der Waals surface area (Å²) in [5.74, 6) is 1.09. The topological polar surface area (TPSA) is 40.1 Å². The van der Waals surface area contributed by atoms with Gasteiger partial charge in [-0.2, -0.15) is 0 Å². The van der Waals surface area contributed by atoms with E-state index in [9.17, 15) is 0 Å². The lowest BCUT2D eigenvalue weighted by atomic mass is 9.87. The van der Waals surface area contributed by atoms with Gasteiger partial charge < -0.3 is 15.0 Å². The Hall–Kier alpha value is -1.11. The average molecular weight is 377 g/mol. The van der Waals surface area contributed by atoms with Crippen molar-refractivity contribution in [1.82, 2.24) is 15.1 Å². The number of hydrogen-bond acceptors (Lipinski definition) is 4. The molecule has 1 aromatic heterocycles. The maximum absolute atomic E-state index is 5.68.